The minimum Gasteiger partial charge on any atom is -0.343 e. The van der Waals surface area contributed by atoms with Crippen LogP contribution in [0.2, 0.25) is 5.02 Å². The molecule has 1 saturated heterocycles. The van der Waals surface area contributed by atoms with Gasteiger partial charge in [-0.3, -0.25) is 0 Å². The minimum atomic E-state index is -0.279. The van der Waals surface area contributed by atoms with Gasteiger partial charge in [0.2, 0.25) is 0 Å². The molecule has 3 heteroatoms. The first-order chi connectivity index (χ1) is 7.82. The first-order valence-electron chi connectivity index (χ1n) is 5.91. The van der Waals surface area contributed by atoms with Gasteiger partial charge in [0, 0.05) is 11.4 Å². The number of benzene rings is 1. The van der Waals surface area contributed by atoms with Crippen LogP contribution in [0, 0.1) is 0 Å². The second-order valence-electron chi connectivity index (χ2n) is 5.48. The summed E-state index contributed by atoms with van der Waals surface area (Å²) in [6.45, 7) is 8.22. The first kappa shape index (κ1) is 12.9. The molecule has 94 valence electrons. The predicted molar refractivity (Wildman–Crippen MR) is 69.3 cm³/mol. The smallest absolute Gasteiger partial charge is 0.163 e. The summed E-state index contributed by atoms with van der Waals surface area (Å²) in [5.74, 6) is 0. The summed E-state index contributed by atoms with van der Waals surface area (Å²) >= 11 is 6.13. The van der Waals surface area contributed by atoms with E-state index < -0.39 is 0 Å². The molecule has 2 nitrogen and oxygen atoms in total. The third-order valence-electron chi connectivity index (χ3n) is 3.65. The number of halogens is 1. The van der Waals surface area contributed by atoms with Crippen LogP contribution in [0.3, 0.4) is 0 Å². The van der Waals surface area contributed by atoms with Crippen molar-refractivity contribution in [3.8, 4) is 0 Å². The highest BCUT2D eigenvalue weighted by molar-refractivity contribution is 6.31. The van der Waals surface area contributed by atoms with Crippen LogP contribution in [0.25, 0.3) is 0 Å². The predicted octanol–water partition coefficient (Wildman–Crippen LogP) is 3.81. The van der Waals surface area contributed by atoms with Crippen molar-refractivity contribution >= 4 is 11.6 Å². The van der Waals surface area contributed by atoms with Crippen LogP contribution in [-0.4, -0.2) is 17.5 Å². The van der Waals surface area contributed by atoms with Crippen LogP contribution in [0.4, 0.5) is 0 Å². The van der Waals surface area contributed by atoms with Gasteiger partial charge in [-0.05, 0) is 39.3 Å². The lowest BCUT2D eigenvalue weighted by Crippen LogP contribution is -2.41. The van der Waals surface area contributed by atoms with Gasteiger partial charge in [-0.15, -0.1) is 0 Å². The molecule has 0 aromatic heterocycles. The van der Waals surface area contributed by atoms with Crippen molar-refractivity contribution < 1.29 is 9.47 Å². The standard InChI is InChI=1S/C14H19ClO2/c1-13(2)14(3,4)17-12(16-13)9-10-7-5-6-8-11(10)15/h5-8,12H,9H2,1-4H3. The molecule has 1 aromatic rings. The zero-order valence-corrected chi connectivity index (χ0v) is 11.5. The number of rotatable bonds is 2. The zero-order valence-electron chi connectivity index (χ0n) is 10.8. The van der Waals surface area contributed by atoms with E-state index in [-0.39, 0.29) is 17.5 Å². The van der Waals surface area contributed by atoms with Crippen molar-refractivity contribution in [3.05, 3.63) is 34.9 Å². The molecule has 17 heavy (non-hydrogen) atoms. The number of hydrogen-bond acceptors (Lipinski definition) is 2. The summed E-state index contributed by atoms with van der Waals surface area (Å²) in [4.78, 5) is 0. The zero-order chi connectivity index (χ0) is 12.7. The fraction of sp³-hybridized carbons (Fsp3) is 0.571. The van der Waals surface area contributed by atoms with Crippen LogP contribution < -0.4 is 0 Å². The Labute approximate surface area is 108 Å². The third kappa shape index (κ3) is 2.49. The highest BCUT2D eigenvalue weighted by Gasteiger charge is 2.48. The van der Waals surface area contributed by atoms with Crippen molar-refractivity contribution in [3.63, 3.8) is 0 Å². The maximum atomic E-state index is 6.13. The van der Waals surface area contributed by atoms with E-state index in [1.54, 1.807) is 0 Å². The Morgan fingerprint density at radius 2 is 1.59 bits per heavy atom. The summed E-state index contributed by atoms with van der Waals surface area (Å²) in [6, 6.07) is 7.80. The quantitative estimate of drug-likeness (QED) is 0.799. The molecule has 1 heterocycles. The second kappa shape index (κ2) is 4.27. The minimum absolute atomic E-state index is 0.222. The molecule has 0 amide bonds. The van der Waals surface area contributed by atoms with Gasteiger partial charge in [0.05, 0.1) is 11.2 Å². The summed E-state index contributed by atoms with van der Waals surface area (Å²) in [5, 5.41) is 0.766. The van der Waals surface area contributed by atoms with Gasteiger partial charge in [-0.1, -0.05) is 29.8 Å². The molecule has 2 rings (SSSR count). The Morgan fingerprint density at radius 1 is 1.06 bits per heavy atom. The highest BCUT2D eigenvalue weighted by Crippen LogP contribution is 2.39. The van der Waals surface area contributed by atoms with Crippen molar-refractivity contribution in [1.82, 2.24) is 0 Å². The van der Waals surface area contributed by atoms with E-state index in [1.165, 1.54) is 0 Å². The summed E-state index contributed by atoms with van der Waals surface area (Å²) < 4.78 is 11.9. The molecule has 0 radical (unpaired) electrons. The molecular formula is C14H19ClO2. The first-order valence-corrected chi connectivity index (χ1v) is 6.29. The largest absolute Gasteiger partial charge is 0.343 e. The molecule has 0 N–H and O–H groups in total. The molecule has 0 aliphatic carbocycles. The van der Waals surface area contributed by atoms with E-state index in [2.05, 4.69) is 27.7 Å². The number of hydrogen-bond donors (Lipinski definition) is 0. The lowest BCUT2D eigenvalue weighted by Gasteiger charge is -2.30. The molecule has 0 spiro atoms. The molecule has 0 atom stereocenters. The Balaban J connectivity index is 2.11. The van der Waals surface area contributed by atoms with Gasteiger partial charge in [-0.2, -0.15) is 0 Å². The van der Waals surface area contributed by atoms with Crippen LogP contribution in [0.15, 0.2) is 24.3 Å². The second-order valence-corrected chi connectivity index (χ2v) is 5.89. The molecule has 0 unspecified atom stereocenters. The van der Waals surface area contributed by atoms with Crippen molar-refractivity contribution in [1.29, 1.82) is 0 Å². The molecular weight excluding hydrogens is 236 g/mol. The van der Waals surface area contributed by atoms with Crippen LogP contribution in [0.1, 0.15) is 33.3 Å². The Morgan fingerprint density at radius 3 is 2.12 bits per heavy atom. The van der Waals surface area contributed by atoms with Crippen LogP contribution in [-0.2, 0) is 15.9 Å². The fourth-order valence-electron chi connectivity index (χ4n) is 1.89. The highest BCUT2D eigenvalue weighted by atomic mass is 35.5. The third-order valence-corrected chi connectivity index (χ3v) is 4.02. The van der Waals surface area contributed by atoms with E-state index in [4.69, 9.17) is 21.1 Å². The van der Waals surface area contributed by atoms with Gasteiger partial charge in [-0.25, -0.2) is 0 Å². The van der Waals surface area contributed by atoms with Gasteiger partial charge in [0.15, 0.2) is 6.29 Å². The molecule has 1 aliphatic heterocycles. The molecule has 1 aliphatic rings. The van der Waals surface area contributed by atoms with Gasteiger partial charge in [0.1, 0.15) is 0 Å². The topological polar surface area (TPSA) is 18.5 Å². The SMILES string of the molecule is CC1(C)OC(Cc2ccccc2Cl)OC1(C)C. The average Bonchev–Trinajstić information content (AvgIpc) is 2.39. The molecule has 1 aromatic carbocycles. The monoisotopic (exact) mass is 254 g/mol. The van der Waals surface area contributed by atoms with Crippen LogP contribution in [0.5, 0.6) is 0 Å². The summed E-state index contributed by atoms with van der Waals surface area (Å²) in [7, 11) is 0. The summed E-state index contributed by atoms with van der Waals surface area (Å²) in [5.41, 5.74) is 0.505. The van der Waals surface area contributed by atoms with E-state index in [1.807, 2.05) is 24.3 Å². The Kier molecular flexibility index (Phi) is 3.23. The molecule has 0 bridgehead atoms. The van der Waals surface area contributed by atoms with E-state index >= 15 is 0 Å². The lowest BCUT2D eigenvalue weighted by atomic mass is 9.90. The Bertz CT molecular complexity index is 396. The van der Waals surface area contributed by atoms with E-state index in [9.17, 15) is 0 Å². The van der Waals surface area contributed by atoms with Crippen molar-refractivity contribution in [2.24, 2.45) is 0 Å². The fourth-order valence-corrected chi connectivity index (χ4v) is 2.10. The van der Waals surface area contributed by atoms with Gasteiger partial charge >= 0.3 is 0 Å². The van der Waals surface area contributed by atoms with Gasteiger partial charge < -0.3 is 9.47 Å². The van der Waals surface area contributed by atoms with Crippen molar-refractivity contribution in [2.75, 3.05) is 0 Å². The van der Waals surface area contributed by atoms with E-state index in [0.29, 0.717) is 6.42 Å². The normalized spacial score (nSPS) is 22.9. The van der Waals surface area contributed by atoms with Gasteiger partial charge in [0.25, 0.3) is 0 Å². The Hall–Kier alpha value is -0.570. The maximum absolute atomic E-state index is 6.13. The van der Waals surface area contributed by atoms with Crippen molar-refractivity contribution in [2.45, 2.75) is 51.6 Å². The average molecular weight is 255 g/mol. The van der Waals surface area contributed by atoms with Crippen LogP contribution >= 0.6 is 11.6 Å². The number of ether oxygens (including phenoxy) is 2. The summed E-state index contributed by atoms with van der Waals surface area (Å²) in [6.07, 6.45) is 0.465. The lowest BCUT2D eigenvalue weighted by molar-refractivity contribution is -0.0845. The molecule has 1 fully saturated rings. The van der Waals surface area contributed by atoms with E-state index in [0.717, 1.165) is 10.6 Å². The maximum Gasteiger partial charge on any atom is 0.163 e. The molecule has 0 saturated carbocycles.